The molecule has 2 rings (SSSR count). The number of pyridine rings is 1. The molecule has 0 atom stereocenters. The van der Waals surface area contributed by atoms with Crippen LogP contribution in [0.5, 0.6) is 0 Å². The Morgan fingerprint density at radius 1 is 1.46 bits per heavy atom. The van der Waals surface area contributed by atoms with Crippen molar-refractivity contribution in [2.75, 3.05) is 13.6 Å². The summed E-state index contributed by atoms with van der Waals surface area (Å²) < 4.78 is 0. The summed E-state index contributed by atoms with van der Waals surface area (Å²) in [6, 6.07) is 7.01. The number of rotatable bonds is 5. The number of aromatic carboxylic acids is 1. The van der Waals surface area contributed by atoms with Crippen LogP contribution in [0.25, 0.3) is 10.9 Å². The fraction of sp³-hybridized carbons (Fsp3) is 0.211. The van der Waals surface area contributed by atoms with Gasteiger partial charge in [0.25, 0.3) is 0 Å². The molecule has 0 bridgehead atoms. The predicted molar refractivity (Wildman–Crippen MR) is 96.3 cm³/mol. The van der Waals surface area contributed by atoms with Gasteiger partial charge < -0.3 is 10.0 Å². The Hall–Kier alpha value is -3.13. The number of aliphatic imine (C=N–C) groups is 1. The van der Waals surface area contributed by atoms with Gasteiger partial charge in [-0.05, 0) is 37.4 Å². The minimum Gasteiger partial charge on any atom is -0.478 e. The Morgan fingerprint density at radius 2 is 2.25 bits per heavy atom. The molecule has 0 saturated heterocycles. The first kappa shape index (κ1) is 17.2. The summed E-state index contributed by atoms with van der Waals surface area (Å²) in [5.41, 5.74) is 2.36. The van der Waals surface area contributed by atoms with Crippen molar-refractivity contribution >= 4 is 23.2 Å². The number of aromatic nitrogens is 1. The molecule has 0 amide bonds. The molecule has 0 unspecified atom stereocenters. The Labute approximate surface area is 141 Å². The molecule has 0 aliphatic rings. The van der Waals surface area contributed by atoms with E-state index in [0.717, 1.165) is 5.56 Å². The van der Waals surface area contributed by atoms with Crippen LogP contribution in [-0.4, -0.2) is 40.9 Å². The third-order valence-corrected chi connectivity index (χ3v) is 3.39. The lowest BCUT2D eigenvalue weighted by atomic mass is 10.0. The van der Waals surface area contributed by atoms with Crippen LogP contribution in [0.4, 0.5) is 0 Å². The normalized spacial score (nSPS) is 10.4. The average molecular weight is 321 g/mol. The maximum atomic E-state index is 11.4. The molecule has 0 radical (unpaired) electrons. The fourth-order valence-electron chi connectivity index (χ4n) is 2.31. The second kappa shape index (κ2) is 7.93. The standard InChI is InChI=1S/C19H19N3O2/c1-4-22(13-20-3)10-6-5-7-15-8-9-18-16(12-15)17(19(23)24)11-14(2)21-18/h4,8-9,11-13H,1,6,10H2,2-3H3,(H,23,24). The highest BCUT2D eigenvalue weighted by Crippen LogP contribution is 2.20. The van der Waals surface area contributed by atoms with Gasteiger partial charge in [-0.25, -0.2) is 4.79 Å². The number of nitrogens with zero attached hydrogens (tertiary/aromatic N) is 3. The van der Waals surface area contributed by atoms with Gasteiger partial charge in [-0.3, -0.25) is 9.98 Å². The molecular formula is C19H19N3O2. The number of aryl methyl sites for hydroxylation is 1. The van der Waals surface area contributed by atoms with Crippen LogP contribution in [-0.2, 0) is 0 Å². The summed E-state index contributed by atoms with van der Waals surface area (Å²) >= 11 is 0. The highest BCUT2D eigenvalue weighted by Gasteiger charge is 2.10. The first-order valence-corrected chi connectivity index (χ1v) is 7.49. The van der Waals surface area contributed by atoms with E-state index in [2.05, 4.69) is 28.4 Å². The SMILES string of the molecule is C=CN(C=NC)CCC#Cc1ccc2nc(C)cc(C(=O)O)c2c1. The number of carbonyl (C=O) groups is 1. The van der Waals surface area contributed by atoms with Crippen LogP contribution in [0.1, 0.15) is 28.0 Å². The number of carboxylic acid groups (broad SMARTS) is 1. The molecule has 0 spiro atoms. The van der Waals surface area contributed by atoms with E-state index in [4.69, 9.17) is 0 Å². The number of hydrogen-bond donors (Lipinski definition) is 1. The fourth-order valence-corrected chi connectivity index (χ4v) is 2.31. The molecule has 5 heteroatoms. The largest absolute Gasteiger partial charge is 0.478 e. The summed E-state index contributed by atoms with van der Waals surface area (Å²) in [6.45, 7) is 6.19. The first-order chi connectivity index (χ1) is 11.5. The van der Waals surface area contributed by atoms with Crippen LogP contribution >= 0.6 is 0 Å². The van der Waals surface area contributed by atoms with Gasteiger partial charge in [0.2, 0.25) is 0 Å². The molecule has 0 aliphatic carbocycles. The van der Waals surface area contributed by atoms with Crippen molar-refractivity contribution in [3.05, 3.63) is 53.9 Å². The zero-order valence-electron chi connectivity index (χ0n) is 13.8. The van der Waals surface area contributed by atoms with Crippen LogP contribution in [0, 0.1) is 18.8 Å². The van der Waals surface area contributed by atoms with Crippen molar-refractivity contribution in [3.63, 3.8) is 0 Å². The molecule has 2 aromatic rings. The summed E-state index contributed by atoms with van der Waals surface area (Å²) in [4.78, 5) is 21.6. The Bertz CT molecular complexity index is 860. The lowest BCUT2D eigenvalue weighted by Crippen LogP contribution is -2.15. The second-order valence-electron chi connectivity index (χ2n) is 5.19. The molecule has 1 aromatic carbocycles. The number of carboxylic acids is 1. The van der Waals surface area contributed by atoms with Gasteiger partial charge in [-0.15, -0.1) is 0 Å². The van der Waals surface area contributed by atoms with E-state index in [1.807, 2.05) is 11.0 Å². The minimum absolute atomic E-state index is 0.248. The molecule has 0 aliphatic heterocycles. The van der Waals surface area contributed by atoms with Gasteiger partial charge >= 0.3 is 5.97 Å². The third-order valence-electron chi connectivity index (χ3n) is 3.39. The van der Waals surface area contributed by atoms with Crippen molar-refractivity contribution in [1.82, 2.24) is 9.88 Å². The van der Waals surface area contributed by atoms with Gasteiger partial charge in [0.1, 0.15) is 0 Å². The number of fused-ring (bicyclic) bond motifs is 1. The third kappa shape index (κ3) is 4.20. The van der Waals surface area contributed by atoms with E-state index < -0.39 is 5.97 Å². The molecule has 122 valence electrons. The van der Waals surface area contributed by atoms with E-state index in [0.29, 0.717) is 29.6 Å². The zero-order valence-corrected chi connectivity index (χ0v) is 13.8. The quantitative estimate of drug-likeness (QED) is 0.522. The van der Waals surface area contributed by atoms with Gasteiger partial charge in [0.05, 0.1) is 17.4 Å². The highest BCUT2D eigenvalue weighted by atomic mass is 16.4. The average Bonchev–Trinajstić information content (AvgIpc) is 2.56. The summed E-state index contributed by atoms with van der Waals surface area (Å²) in [6.07, 6.45) is 4.03. The predicted octanol–water partition coefficient (Wildman–Crippen LogP) is 3.09. The first-order valence-electron chi connectivity index (χ1n) is 7.49. The van der Waals surface area contributed by atoms with Crippen molar-refractivity contribution < 1.29 is 9.90 Å². The number of benzene rings is 1. The maximum Gasteiger partial charge on any atom is 0.336 e. The van der Waals surface area contributed by atoms with Gasteiger partial charge in [0.15, 0.2) is 0 Å². The van der Waals surface area contributed by atoms with Crippen LogP contribution in [0.15, 0.2) is 42.0 Å². The number of hydrogen-bond acceptors (Lipinski definition) is 3. The molecule has 1 N–H and O–H groups in total. The molecule has 24 heavy (non-hydrogen) atoms. The van der Waals surface area contributed by atoms with Crippen molar-refractivity contribution in [3.8, 4) is 11.8 Å². The topological polar surface area (TPSA) is 65.8 Å². The lowest BCUT2D eigenvalue weighted by Gasteiger charge is -2.10. The van der Waals surface area contributed by atoms with Gasteiger partial charge in [-0.2, -0.15) is 0 Å². The van der Waals surface area contributed by atoms with E-state index in [9.17, 15) is 9.90 Å². The van der Waals surface area contributed by atoms with Crippen LogP contribution in [0.3, 0.4) is 0 Å². The van der Waals surface area contributed by atoms with E-state index >= 15 is 0 Å². The van der Waals surface area contributed by atoms with Crippen molar-refractivity contribution in [2.24, 2.45) is 4.99 Å². The monoisotopic (exact) mass is 321 g/mol. The minimum atomic E-state index is -0.962. The van der Waals surface area contributed by atoms with Crippen molar-refractivity contribution in [1.29, 1.82) is 0 Å². The van der Waals surface area contributed by atoms with Crippen LogP contribution in [0.2, 0.25) is 0 Å². The molecule has 1 aromatic heterocycles. The molecule has 0 fully saturated rings. The van der Waals surface area contributed by atoms with E-state index in [1.54, 1.807) is 44.7 Å². The second-order valence-corrected chi connectivity index (χ2v) is 5.19. The molecule has 0 saturated carbocycles. The lowest BCUT2D eigenvalue weighted by molar-refractivity contribution is 0.0699. The maximum absolute atomic E-state index is 11.4. The zero-order chi connectivity index (χ0) is 17.5. The van der Waals surface area contributed by atoms with Crippen molar-refractivity contribution in [2.45, 2.75) is 13.3 Å². The van der Waals surface area contributed by atoms with Gasteiger partial charge in [0, 0.05) is 36.7 Å². The van der Waals surface area contributed by atoms with Gasteiger partial charge in [-0.1, -0.05) is 18.4 Å². The van der Waals surface area contributed by atoms with E-state index in [1.165, 1.54) is 0 Å². The molecular weight excluding hydrogens is 302 g/mol. The highest BCUT2D eigenvalue weighted by molar-refractivity contribution is 6.02. The van der Waals surface area contributed by atoms with E-state index in [-0.39, 0.29) is 5.56 Å². The Morgan fingerprint density at radius 3 is 2.92 bits per heavy atom. The molecule has 1 heterocycles. The smallest absolute Gasteiger partial charge is 0.336 e. The van der Waals surface area contributed by atoms with Crippen LogP contribution < -0.4 is 0 Å². The summed E-state index contributed by atoms with van der Waals surface area (Å²) in [5.74, 6) is 5.18. The Kier molecular flexibility index (Phi) is 5.69. The summed E-state index contributed by atoms with van der Waals surface area (Å²) in [5, 5.41) is 9.96. The Balaban J connectivity index is 2.24. The molecule has 5 nitrogen and oxygen atoms in total. The summed E-state index contributed by atoms with van der Waals surface area (Å²) in [7, 11) is 1.70.